The number of hydrogen-bond acceptors (Lipinski definition) is 4. The Labute approximate surface area is 187 Å². The van der Waals surface area contributed by atoms with Crippen molar-refractivity contribution >= 4 is 34.9 Å². The predicted molar refractivity (Wildman–Crippen MR) is 119 cm³/mol. The molecule has 8 heteroatoms. The van der Waals surface area contributed by atoms with Crippen molar-refractivity contribution in [3.05, 3.63) is 98.4 Å². The van der Waals surface area contributed by atoms with Crippen LogP contribution in [-0.2, 0) is 0 Å². The van der Waals surface area contributed by atoms with Gasteiger partial charge in [-0.1, -0.05) is 47.7 Å². The van der Waals surface area contributed by atoms with E-state index in [1.54, 1.807) is 24.6 Å². The first-order valence-corrected chi connectivity index (χ1v) is 10.4. The van der Waals surface area contributed by atoms with E-state index < -0.39 is 18.0 Å². The number of amidine groups is 1. The molecule has 0 saturated carbocycles. The van der Waals surface area contributed by atoms with Crippen molar-refractivity contribution in [2.75, 3.05) is 0 Å². The molecule has 1 atom stereocenters. The highest BCUT2D eigenvalue weighted by Crippen LogP contribution is 2.38. The SMILES string of the molecule is CC1=C(C#Cc2ccccc2)[C@H](c2ccc(F)cc2Cl)N=C(c2nccs2)N1C(=O)O. The van der Waals surface area contributed by atoms with E-state index in [1.165, 1.54) is 23.5 Å². The summed E-state index contributed by atoms with van der Waals surface area (Å²) in [6, 6.07) is 12.6. The van der Waals surface area contributed by atoms with Gasteiger partial charge in [0.25, 0.3) is 0 Å². The van der Waals surface area contributed by atoms with Gasteiger partial charge in [-0.25, -0.2) is 19.1 Å². The monoisotopic (exact) mass is 451 g/mol. The van der Waals surface area contributed by atoms with Crippen molar-refractivity contribution in [1.82, 2.24) is 9.88 Å². The summed E-state index contributed by atoms with van der Waals surface area (Å²) in [4.78, 5) is 22.1. The van der Waals surface area contributed by atoms with E-state index in [1.807, 2.05) is 30.3 Å². The summed E-state index contributed by atoms with van der Waals surface area (Å²) in [5.41, 5.74) is 2.14. The zero-order valence-corrected chi connectivity index (χ0v) is 17.8. The molecule has 31 heavy (non-hydrogen) atoms. The summed E-state index contributed by atoms with van der Waals surface area (Å²) in [5.74, 6) is 5.84. The molecule has 0 spiro atoms. The zero-order valence-electron chi connectivity index (χ0n) is 16.2. The Balaban J connectivity index is 1.92. The lowest BCUT2D eigenvalue weighted by molar-refractivity contribution is 0.176. The molecule has 0 unspecified atom stereocenters. The molecule has 154 valence electrons. The van der Waals surface area contributed by atoms with Gasteiger partial charge in [-0.2, -0.15) is 0 Å². The third-order valence-corrected chi connectivity index (χ3v) is 5.75. The molecule has 3 aromatic rings. The Bertz CT molecular complexity index is 1260. The van der Waals surface area contributed by atoms with Crippen LogP contribution >= 0.6 is 22.9 Å². The molecule has 0 fully saturated rings. The molecule has 1 aliphatic heterocycles. The molecule has 4 rings (SSSR count). The Morgan fingerprint density at radius 3 is 2.65 bits per heavy atom. The quantitative estimate of drug-likeness (QED) is 0.505. The first-order valence-electron chi connectivity index (χ1n) is 9.19. The molecule has 2 aromatic carbocycles. The topological polar surface area (TPSA) is 65.8 Å². The number of benzene rings is 2. The van der Waals surface area contributed by atoms with E-state index in [9.17, 15) is 14.3 Å². The molecule has 2 heterocycles. The van der Waals surface area contributed by atoms with Crippen LogP contribution in [0.4, 0.5) is 9.18 Å². The fourth-order valence-electron chi connectivity index (χ4n) is 3.21. The molecule has 1 aromatic heterocycles. The number of hydrogen-bond donors (Lipinski definition) is 1. The van der Waals surface area contributed by atoms with Crippen LogP contribution in [0.15, 0.2) is 76.4 Å². The van der Waals surface area contributed by atoms with Crippen molar-refractivity contribution in [3.8, 4) is 11.8 Å². The van der Waals surface area contributed by atoms with Gasteiger partial charge in [0.2, 0.25) is 0 Å². The normalized spacial score (nSPS) is 15.9. The second-order valence-corrected chi connectivity index (χ2v) is 7.89. The lowest BCUT2D eigenvalue weighted by Crippen LogP contribution is -2.39. The standard InChI is InChI=1S/C23H15ClFN3O2S/c1-14-17(9-7-15-5-3-2-4-6-15)20(18-10-8-16(25)13-19(18)24)27-21(28(14)23(29)30)22-26-11-12-31-22/h2-6,8,10-13,20H,1H3,(H,29,30)/t20-/m1/s1. The van der Waals surface area contributed by atoms with E-state index in [-0.39, 0.29) is 10.9 Å². The molecular formula is C23H15ClFN3O2S. The minimum absolute atomic E-state index is 0.177. The number of amides is 1. The van der Waals surface area contributed by atoms with E-state index in [4.69, 9.17) is 11.6 Å². The van der Waals surface area contributed by atoms with Crippen molar-refractivity contribution < 1.29 is 14.3 Å². The molecule has 0 saturated heterocycles. The number of halogens is 2. The van der Waals surface area contributed by atoms with Gasteiger partial charge in [-0.05, 0) is 31.2 Å². The summed E-state index contributed by atoms with van der Waals surface area (Å²) < 4.78 is 13.7. The van der Waals surface area contributed by atoms with Crippen LogP contribution in [0.2, 0.25) is 5.02 Å². The molecule has 0 aliphatic carbocycles. The Morgan fingerprint density at radius 1 is 1.23 bits per heavy atom. The van der Waals surface area contributed by atoms with Crippen LogP contribution in [0.5, 0.6) is 0 Å². The number of nitrogens with zero attached hydrogens (tertiary/aromatic N) is 3. The molecule has 5 nitrogen and oxygen atoms in total. The number of aliphatic imine (C=N–C) groups is 1. The van der Waals surface area contributed by atoms with Gasteiger partial charge in [-0.15, -0.1) is 11.3 Å². The highest BCUT2D eigenvalue weighted by Gasteiger charge is 2.34. The maximum Gasteiger partial charge on any atom is 0.417 e. The first-order chi connectivity index (χ1) is 15.0. The smallest absolute Gasteiger partial charge is 0.417 e. The molecule has 1 aliphatic rings. The van der Waals surface area contributed by atoms with Crippen LogP contribution in [0, 0.1) is 17.7 Å². The number of thiazole rings is 1. The summed E-state index contributed by atoms with van der Waals surface area (Å²) in [6.07, 6.45) is 0.376. The zero-order chi connectivity index (χ0) is 22.0. The summed E-state index contributed by atoms with van der Waals surface area (Å²) in [6.45, 7) is 1.66. The third-order valence-electron chi connectivity index (χ3n) is 4.65. The number of aromatic nitrogens is 1. The minimum Gasteiger partial charge on any atom is -0.464 e. The summed E-state index contributed by atoms with van der Waals surface area (Å²) >= 11 is 7.61. The molecule has 1 N–H and O–H groups in total. The maximum absolute atomic E-state index is 13.7. The Hall–Kier alpha value is -3.47. The van der Waals surface area contributed by atoms with E-state index in [0.717, 1.165) is 10.5 Å². The third kappa shape index (κ3) is 4.22. The number of carboxylic acid groups (broad SMARTS) is 1. The van der Waals surface area contributed by atoms with Gasteiger partial charge in [0.1, 0.15) is 11.9 Å². The fraction of sp³-hybridized carbons (Fsp3) is 0.0870. The van der Waals surface area contributed by atoms with Crippen LogP contribution in [0.1, 0.15) is 29.1 Å². The van der Waals surface area contributed by atoms with E-state index in [0.29, 0.717) is 21.8 Å². The first kappa shape index (κ1) is 20.8. The molecule has 0 bridgehead atoms. The Kier molecular flexibility index (Phi) is 5.85. The number of rotatable bonds is 2. The van der Waals surface area contributed by atoms with Crippen molar-refractivity contribution in [1.29, 1.82) is 0 Å². The van der Waals surface area contributed by atoms with Crippen LogP contribution < -0.4 is 0 Å². The largest absolute Gasteiger partial charge is 0.464 e. The second-order valence-electron chi connectivity index (χ2n) is 6.59. The Morgan fingerprint density at radius 2 is 2.00 bits per heavy atom. The van der Waals surface area contributed by atoms with Crippen molar-refractivity contribution in [3.63, 3.8) is 0 Å². The van der Waals surface area contributed by atoms with Crippen LogP contribution in [0.3, 0.4) is 0 Å². The average molecular weight is 452 g/mol. The van der Waals surface area contributed by atoms with Gasteiger partial charge >= 0.3 is 6.09 Å². The highest BCUT2D eigenvalue weighted by atomic mass is 35.5. The van der Waals surface area contributed by atoms with Gasteiger partial charge in [-0.3, -0.25) is 4.99 Å². The van der Waals surface area contributed by atoms with Gasteiger partial charge in [0.15, 0.2) is 10.8 Å². The maximum atomic E-state index is 13.7. The molecule has 0 radical (unpaired) electrons. The predicted octanol–water partition coefficient (Wildman–Crippen LogP) is 5.74. The van der Waals surface area contributed by atoms with Crippen LogP contribution in [0.25, 0.3) is 0 Å². The number of allylic oxidation sites excluding steroid dienone is 1. The highest BCUT2D eigenvalue weighted by molar-refractivity contribution is 7.11. The minimum atomic E-state index is -1.20. The molecule has 1 amide bonds. The molecular weight excluding hydrogens is 437 g/mol. The lowest BCUT2D eigenvalue weighted by atomic mass is 9.95. The van der Waals surface area contributed by atoms with Gasteiger partial charge < -0.3 is 5.11 Å². The van der Waals surface area contributed by atoms with E-state index in [2.05, 4.69) is 21.8 Å². The lowest BCUT2D eigenvalue weighted by Gasteiger charge is -2.30. The fourth-order valence-corrected chi connectivity index (χ4v) is 4.10. The second kappa shape index (κ2) is 8.72. The van der Waals surface area contributed by atoms with Crippen molar-refractivity contribution in [2.45, 2.75) is 13.0 Å². The average Bonchev–Trinajstić information content (AvgIpc) is 3.28. The summed E-state index contributed by atoms with van der Waals surface area (Å²) in [7, 11) is 0. The van der Waals surface area contributed by atoms with Gasteiger partial charge in [0, 0.05) is 33.4 Å². The van der Waals surface area contributed by atoms with E-state index >= 15 is 0 Å². The number of carbonyl (C=O) groups is 1. The van der Waals surface area contributed by atoms with Crippen molar-refractivity contribution in [2.24, 2.45) is 4.99 Å². The van der Waals surface area contributed by atoms with Crippen LogP contribution in [-0.4, -0.2) is 26.9 Å². The van der Waals surface area contributed by atoms with Gasteiger partial charge in [0.05, 0.1) is 5.57 Å². The summed E-state index contributed by atoms with van der Waals surface area (Å²) in [5, 5.41) is 12.3.